The number of nitrogens with one attached hydrogen (secondary N) is 1. The number of fused-ring (bicyclic) bond motifs is 1. The molecule has 0 atom stereocenters. The minimum Gasteiger partial charge on any atom is -0.486 e. The van der Waals surface area contributed by atoms with Crippen molar-refractivity contribution in [2.75, 3.05) is 26.3 Å². The first-order valence-electron chi connectivity index (χ1n) is 7.86. The van der Waals surface area contributed by atoms with Crippen LogP contribution in [0.2, 0.25) is 0 Å². The predicted octanol–water partition coefficient (Wildman–Crippen LogP) is 3.20. The molecule has 2 heterocycles. The van der Waals surface area contributed by atoms with Crippen LogP contribution >= 0.6 is 0 Å². The second kappa shape index (κ2) is 5.84. The maximum absolute atomic E-state index is 14.3. The summed E-state index contributed by atoms with van der Waals surface area (Å²) < 4.78 is 25.8. The third kappa shape index (κ3) is 3.31. The average molecular weight is 293 g/mol. The number of halogens is 1. The Morgan fingerprint density at radius 1 is 1.19 bits per heavy atom. The molecule has 0 aliphatic carbocycles. The fraction of sp³-hybridized carbons (Fsp3) is 0.647. The van der Waals surface area contributed by atoms with Gasteiger partial charge in [-0.2, -0.15) is 0 Å². The lowest BCUT2D eigenvalue weighted by atomic mass is 9.88. The van der Waals surface area contributed by atoms with Crippen LogP contribution in [0.3, 0.4) is 0 Å². The molecule has 21 heavy (non-hydrogen) atoms. The summed E-state index contributed by atoms with van der Waals surface area (Å²) in [6, 6.07) is 3.76. The second-order valence-corrected chi connectivity index (χ2v) is 6.53. The molecule has 2 aliphatic heterocycles. The van der Waals surface area contributed by atoms with E-state index < -0.39 is 5.67 Å². The van der Waals surface area contributed by atoms with E-state index in [1.54, 1.807) is 19.9 Å². The number of hydrogen-bond acceptors (Lipinski definition) is 3. The van der Waals surface area contributed by atoms with Crippen LogP contribution in [0.5, 0.6) is 11.5 Å². The van der Waals surface area contributed by atoms with Crippen molar-refractivity contribution in [3.63, 3.8) is 0 Å². The molecule has 3 rings (SSSR count). The number of benzene rings is 1. The highest BCUT2D eigenvalue weighted by molar-refractivity contribution is 5.51. The van der Waals surface area contributed by atoms with Gasteiger partial charge in [0.25, 0.3) is 0 Å². The summed E-state index contributed by atoms with van der Waals surface area (Å²) in [5.41, 5.74) is 0.411. The Morgan fingerprint density at radius 3 is 2.62 bits per heavy atom. The zero-order valence-electron chi connectivity index (χ0n) is 12.9. The zero-order chi connectivity index (χ0) is 14.9. The highest BCUT2D eigenvalue weighted by atomic mass is 19.1. The van der Waals surface area contributed by atoms with Crippen LogP contribution in [0.15, 0.2) is 12.1 Å². The first kappa shape index (κ1) is 14.6. The van der Waals surface area contributed by atoms with Crippen LogP contribution in [0.25, 0.3) is 0 Å². The maximum Gasteiger partial charge on any atom is 0.164 e. The number of hydrogen-bond donors (Lipinski definition) is 1. The highest BCUT2D eigenvalue weighted by Gasteiger charge is 2.26. The first-order valence-corrected chi connectivity index (χ1v) is 7.86. The average Bonchev–Trinajstić information content (AvgIpc) is 2.47. The third-order valence-electron chi connectivity index (χ3n) is 4.37. The molecule has 0 bridgehead atoms. The van der Waals surface area contributed by atoms with Gasteiger partial charge in [0.05, 0.1) is 0 Å². The Bertz CT molecular complexity index is 504. The maximum atomic E-state index is 14.3. The summed E-state index contributed by atoms with van der Waals surface area (Å²) in [5.74, 6) is 2.17. The predicted molar refractivity (Wildman–Crippen MR) is 80.9 cm³/mol. The van der Waals surface area contributed by atoms with E-state index in [1.165, 1.54) is 12.8 Å². The normalized spacial score (nSPS) is 19.6. The molecule has 0 saturated carbocycles. The lowest BCUT2D eigenvalue weighted by Gasteiger charge is -2.28. The summed E-state index contributed by atoms with van der Waals surface area (Å²) in [7, 11) is 0. The molecule has 3 nitrogen and oxygen atoms in total. The molecule has 0 radical (unpaired) electrons. The van der Waals surface area contributed by atoms with E-state index in [2.05, 4.69) is 5.32 Å². The number of piperidine rings is 1. The molecule has 1 aromatic carbocycles. The van der Waals surface area contributed by atoms with E-state index in [-0.39, 0.29) is 0 Å². The molecule has 4 heteroatoms. The van der Waals surface area contributed by atoms with Gasteiger partial charge in [0.1, 0.15) is 18.9 Å². The molecule has 116 valence electrons. The van der Waals surface area contributed by atoms with Crippen molar-refractivity contribution < 1.29 is 13.9 Å². The van der Waals surface area contributed by atoms with E-state index >= 15 is 0 Å². The van der Waals surface area contributed by atoms with Gasteiger partial charge in [-0.3, -0.25) is 0 Å². The lowest BCUT2D eigenvalue weighted by molar-refractivity contribution is 0.166. The summed E-state index contributed by atoms with van der Waals surface area (Å²) in [5, 5.41) is 3.38. The first-order chi connectivity index (χ1) is 10.0. The van der Waals surface area contributed by atoms with E-state index in [0.29, 0.717) is 30.4 Å². The van der Waals surface area contributed by atoms with Gasteiger partial charge in [0.2, 0.25) is 0 Å². The fourth-order valence-corrected chi connectivity index (χ4v) is 3.12. The molecule has 1 aromatic rings. The van der Waals surface area contributed by atoms with Crippen LogP contribution in [0.1, 0.15) is 37.8 Å². The van der Waals surface area contributed by atoms with Gasteiger partial charge in [-0.05, 0) is 75.4 Å². The van der Waals surface area contributed by atoms with Crippen LogP contribution in [-0.4, -0.2) is 26.3 Å². The second-order valence-electron chi connectivity index (χ2n) is 6.53. The topological polar surface area (TPSA) is 30.5 Å². The Hall–Kier alpha value is -1.29. The Morgan fingerprint density at radius 2 is 1.90 bits per heavy atom. The summed E-state index contributed by atoms with van der Waals surface area (Å²) in [6.07, 6.45) is 3.27. The van der Waals surface area contributed by atoms with Gasteiger partial charge in [-0.25, -0.2) is 4.39 Å². The molecular weight excluding hydrogens is 269 g/mol. The summed E-state index contributed by atoms with van der Waals surface area (Å²) in [4.78, 5) is 0. The Balaban J connectivity index is 1.92. The van der Waals surface area contributed by atoms with Crippen molar-refractivity contribution in [1.29, 1.82) is 0 Å². The van der Waals surface area contributed by atoms with Gasteiger partial charge < -0.3 is 14.8 Å². The minimum atomic E-state index is -1.36. The highest BCUT2D eigenvalue weighted by Crippen LogP contribution is 2.40. The molecule has 0 aromatic heterocycles. The number of ether oxygens (including phenoxy) is 2. The zero-order valence-corrected chi connectivity index (χ0v) is 12.9. The van der Waals surface area contributed by atoms with Gasteiger partial charge in [-0.15, -0.1) is 0 Å². The standard InChI is InChI=1S/C17H24FNO2/c1-17(2,18)14-10-13(9-12-3-5-19-6-4-12)16-15(11-14)20-7-8-21-16/h10-12,19H,3-9H2,1-2H3. The molecule has 1 saturated heterocycles. The number of rotatable bonds is 3. The number of alkyl halides is 1. The van der Waals surface area contributed by atoms with Crippen molar-refractivity contribution in [2.45, 2.75) is 38.8 Å². The molecule has 0 spiro atoms. The molecule has 2 aliphatic rings. The molecule has 0 amide bonds. The SMILES string of the molecule is CC(C)(F)c1cc(CC2CCNCC2)c2c(c1)OCCO2. The molecular formula is C17H24FNO2. The van der Waals surface area contributed by atoms with Crippen LogP contribution in [0.4, 0.5) is 4.39 Å². The van der Waals surface area contributed by atoms with Gasteiger partial charge in [-0.1, -0.05) is 0 Å². The van der Waals surface area contributed by atoms with E-state index in [0.717, 1.165) is 30.8 Å². The monoisotopic (exact) mass is 293 g/mol. The van der Waals surface area contributed by atoms with Crippen LogP contribution in [0, 0.1) is 5.92 Å². The van der Waals surface area contributed by atoms with E-state index in [4.69, 9.17) is 9.47 Å². The van der Waals surface area contributed by atoms with Crippen molar-refractivity contribution in [3.05, 3.63) is 23.3 Å². The quantitative estimate of drug-likeness (QED) is 0.928. The van der Waals surface area contributed by atoms with Crippen LogP contribution < -0.4 is 14.8 Å². The Kier molecular flexibility index (Phi) is 4.07. The smallest absolute Gasteiger partial charge is 0.164 e. The van der Waals surface area contributed by atoms with E-state index in [1.807, 2.05) is 6.07 Å². The van der Waals surface area contributed by atoms with Gasteiger partial charge >= 0.3 is 0 Å². The minimum absolute atomic E-state index is 0.538. The third-order valence-corrected chi connectivity index (χ3v) is 4.37. The van der Waals surface area contributed by atoms with Crippen molar-refractivity contribution in [3.8, 4) is 11.5 Å². The molecule has 0 unspecified atom stereocenters. The van der Waals surface area contributed by atoms with E-state index in [9.17, 15) is 4.39 Å². The largest absolute Gasteiger partial charge is 0.486 e. The Labute approximate surface area is 125 Å². The lowest BCUT2D eigenvalue weighted by Crippen LogP contribution is -2.29. The van der Waals surface area contributed by atoms with Gasteiger partial charge in [0, 0.05) is 0 Å². The van der Waals surface area contributed by atoms with Crippen LogP contribution in [-0.2, 0) is 12.1 Å². The summed E-state index contributed by atoms with van der Waals surface area (Å²) >= 11 is 0. The molecule has 1 fully saturated rings. The fourth-order valence-electron chi connectivity index (χ4n) is 3.12. The molecule has 1 N–H and O–H groups in total. The summed E-state index contributed by atoms with van der Waals surface area (Å²) in [6.45, 7) is 6.43. The van der Waals surface area contributed by atoms with Gasteiger partial charge in [0.15, 0.2) is 11.5 Å². The van der Waals surface area contributed by atoms with Crippen molar-refractivity contribution >= 4 is 0 Å². The van der Waals surface area contributed by atoms with Crippen molar-refractivity contribution in [1.82, 2.24) is 5.32 Å². The van der Waals surface area contributed by atoms with Crippen molar-refractivity contribution in [2.24, 2.45) is 5.92 Å².